The number of furan rings is 1. The van der Waals surface area contributed by atoms with E-state index in [2.05, 4.69) is 65.6 Å². The van der Waals surface area contributed by atoms with Crippen molar-refractivity contribution in [1.29, 1.82) is 0 Å². The number of aryl methyl sites for hydroxylation is 1. The second kappa shape index (κ2) is 7.90. The second-order valence-corrected chi connectivity index (χ2v) is 8.98. The Morgan fingerprint density at radius 1 is 0.844 bits per heavy atom. The zero-order chi connectivity index (χ0) is 21.5. The van der Waals surface area contributed by atoms with Gasteiger partial charge >= 0.3 is 0 Å². The van der Waals surface area contributed by atoms with Gasteiger partial charge in [0.05, 0.1) is 11.1 Å². The molecule has 0 atom stereocenters. The molecule has 3 heteroatoms. The number of nitrogens with zero attached hydrogens (tertiary/aromatic N) is 2. The predicted molar refractivity (Wildman–Crippen MR) is 131 cm³/mol. The third-order valence-corrected chi connectivity index (χ3v) is 6.81. The van der Waals surface area contributed by atoms with E-state index in [0.29, 0.717) is 11.6 Å². The van der Waals surface area contributed by atoms with Crippen LogP contribution in [0, 0.1) is 6.92 Å². The van der Waals surface area contributed by atoms with Crippen molar-refractivity contribution in [3.63, 3.8) is 0 Å². The van der Waals surface area contributed by atoms with Gasteiger partial charge in [0, 0.05) is 22.8 Å². The summed E-state index contributed by atoms with van der Waals surface area (Å²) in [6.45, 7) is 2.02. The van der Waals surface area contributed by atoms with Crippen LogP contribution in [-0.4, -0.2) is 9.97 Å². The molecule has 3 aromatic heterocycles. The number of benzene rings is 2. The van der Waals surface area contributed by atoms with Crippen LogP contribution in [0.15, 0.2) is 77.3 Å². The normalized spacial score (nSPS) is 14.9. The molecule has 5 aromatic rings. The molecule has 3 heterocycles. The number of hydrogen-bond donors (Lipinski definition) is 0. The summed E-state index contributed by atoms with van der Waals surface area (Å²) >= 11 is 0. The highest BCUT2D eigenvalue weighted by Crippen LogP contribution is 2.38. The van der Waals surface area contributed by atoms with Gasteiger partial charge in [0.2, 0.25) is 5.71 Å². The number of aromatic nitrogens is 2. The molecule has 6 rings (SSSR count). The summed E-state index contributed by atoms with van der Waals surface area (Å²) in [5, 5.41) is 2.17. The Morgan fingerprint density at radius 3 is 2.53 bits per heavy atom. The minimum Gasteiger partial charge on any atom is -0.438 e. The van der Waals surface area contributed by atoms with Crippen molar-refractivity contribution < 1.29 is 4.42 Å². The van der Waals surface area contributed by atoms with E-state index in [1.54, 1.807) is 0 Å². The maximum atomic E-state index is 6.27. The van der Waals surface area contributed by atoms with E-state index < -0.39 is 0 Å². The summed E-state index contributed by atoms with van der Waals surface area (Å²) < 4.78 is 6.27. The molecule has 0 unspecified atom stereocenters. The summed E-state index contributed by atoms with van der Waals surface area (Å²) in [6, 6.07) is 23.5. The van der Waals surface area contributed by atoms with Crippen LogP contribution in [-0.2, 0) is 0 Å². The summed E-state index contributed by atoms with van der Waals surface area (Å²) in [4.78, 5) is 9.38. The molecule has 32 heavy (non-hydrogen) atoms. The molecular weight excluding hydrogens is 392 g/mol. The highest BCUT2D eigenvalue weighted by atomic mass is 16.3. The topological polar surface area (TPSA) is 38.9 Å². The molecule has 2 aromatic carbocycles. The van der Waals surface area contributed by atoms with E-state index in [9.17, 15) is 0 Å². The molecule has 0 saturated heterocycles. The van der Waals surface area contributed by atoms with Crippen LogP contribution in [0.25, 0.3) is 44.5 Å². The van der Waals surface area contributed by atoms with E-state index in [0.717, 1.165) is 38.9 Å². The zero-order valence-corrected chi connectivity index (χ0v) is 18.3. The molecule has 1 aliphatic rings. The van der Waals surface area contributed by atoms with Crippen LogP contribution in [0.3, 0.4) is 0 Å². The number of hydrogen-bond acceptors (Lipinski definition) is 3. The molecule has 0 bridgehead atoms. The highest BCUT2D eigenvalue weighted by Gasteiger charge is 2.18. The minimum atomic E-state index is 0.668. The summed E-state index contributed by atoms with van der Waals surface area (Å²) in [7, 11) is 0. The third-order valence-electron chi connectivity index (χ3n) is 6.81. The lowest BCUT2D eigenvalue weighted by molar-refractivity contribution is 0.443. The van der Waals surface area contributed by atoms with E-state index >= 15 is 0 Å². The summed E-state index contributed by atoms with van der Waals surface area (Å²) in [5.74, 6) is 0.668. The second-order valence-electron chi connectivity index (χ2n) is 8.98. The molecule has 0 spiro atoms. The highest BCUT2D eigenvalue weighted by molar-refractivity contribution is 6.11. The van der Waals surface area contributed by atoms with Gasteiger partial charge in [-0.05, 0) is 72.7 Å². The average molecular weight is 419 g/mol. The summed E-state index contributed by atoms with van der Waals surface area (Å²) in [6.07, 6.45) is 8.59. The van der Waals surface area contributed by atoms with Gasteiger partial charge < -0.3 is 4.42 Å². The van der Waals surface area contributed by atoms with Gasteiger partial charge in [-0.3, -0.25) is 4.98 Å². The van der Waals surface area contributed by atoms with Crippen molar-refractivity contribution >= 4 is 22.1 Å². The van der Waals surface area contributed by atoms with Crippen molar-refractivity contribution in [3.05, 3.63) is 84.2 Å². The first kappa shape index (κ1) is 19.2. The first-order valence-corrected chi connectivity index (χ1v) is 11.6. The van der Waals surface area contributed by atoms with Crippen LogP contribution in [0.2, 0.25) is 0 Å². The fraction of sp³-hybridized carbons (Fsp3) is 0.241. The van der Waals surface area contributed by atoms with Crippen LogP contribution < -0.4 is 0 Å². The monoisotopic (exact) mass is 418 g/mol. The maximum absolute atomic E-state index is 6.27. The molecule has 158 valence electrons. The Bertz CT molecular complexity index is 1410. The Hall–Kier alpha value is -3.46. The Balaban J connectivity index is 1.47. The Morgan fingerprint density at radius 2 is 1.69 bits per heavy atom. The lowest BCUT2D eigenvalue weighted by Crippen LogP contribution is -2.04. The van der Waals surface area contributed by atoms with Crippen molar-refractivity contribution in [3.8, 4) is 22.4 Å². The quantitative estimate of drug-likeness (QED) is 0.297. The van der Waals surface area contributed by atoms with Gasteiger partial charge in [-0.25, -0.2) is 4.98 Å². The minimum absolute atomic E-state index is 0.668. The first-order chi connectivity index (χ1) is 15.8. The van der Waals surface area contributed by atoms with Gasteiger partial charge in [0.15, 0.2) is 0 Å². The molecule has 1 aliphatic carbocycles. The van der Waals surface area contributed by atoms with Crippen molar-refractivity contribution in [2.24, 2.45) is 0 Å². The van der Waals surface area contributed by atoms with Gasteiger partial charge in [-0.1, -0.05) is 55.7 Å². The molecule has 0 amide bonds. The molecule has 0 aliphatic heterocycles. The van der Waals surface area contributed by atoms with Crippen LogP contribution >= 0.6 is 0 Å². The van der Waals surface area contributed by atoms with Crippen LogP contribution in [0.4, 0.5) is 0 Å². The van der Waals surface area contributed by atoms with Gasteiger partial charge in [-0.2, -0.15) is 0 Å². The van der Waals surface area contributed by atoms with Gasteiger partial charge in [0.25, 0.3) is 0 Å². The van der Waals surface area contributed by atoms with E-state index in [4.69, 9.17) is 9.40 Å². The lowest BCUT2D eigenvalue weighted by Gasteiger charge is -2.22. The van der Waals surface area contributed by atoms with E-state index in [1.807, 2.05) is 19.2 Å². The lowest BCUT2D eigenvalue weighted by atomic mass is 9.84. The van der Waals surface area contributed by atoms with Crippen molar-refractivity contribution in [1.82, 2.24) is 9.97 Å². The van der Waals surface area contributed by atoms with Crippen molar-refractivity contribution in [2.75, 3.05) is 0 Å². The van der Waals surface area contributed by atoms with Crippen molar-refractivity contribution in [2.45, 2.75) is 44.9 Å². The van der Waals surface area contributed by atoms with Crippen LogP contribution in [0.5, 0.6) is 0 Å². The third kappa shape index (κ3) is 3.38. The molecule has 1 fully saturated rings. The standard InChI is InChI=1S/C29H26N2O/c1-19-16-25(21-10-6-3-7-11-21)28-24-13-12-23(18-27(24)32-29(28)31-19)26-17-22(14-15-30-26)20-8-4-2-5-9-20/h3,6-7,10-18,20H,2,4-5,8-9H2,1H3. The largest absolute Gasteiger partial charge is 0.438 e. The van der Waals surface area contributed by atoms with Gasteiger partial charge in [-0.15, -0.1) is 0 Å². The smallest absolute Gasteiger partial charge is 0.228 e. The Kier molecular flexibility index (Phi) is 4.75. The van der Waals surface area contributed by atoms with E-state index in [1.165, 1.54) is 43.2 Å². The van der Waals surface area contributed by atoms with Crippen LogP contribution in [0.1, 0.15) is 49.3 Å². The predicted octanol–water partition coefficient (Wildman–Crippen LogP) is 8.07. The SMILES string of the molecule is Cc1cc(-c2ccccc2)c2c(n1)oc1cc(-c3cc(C4CCCCC4)ccn3)ccc12. The molecule has 0 radical (unpaired) electrons. The molecule has 3 nitrogen and oxygen atoms in total. The first-order valence-electron chi connectivity index (χ1n) is 11.6. The number of fused-ring (bicyclic) bond motifs is 3. The van der Waals surface area contributed by atoms with Gasteiger partial charge in [0.1, 0.15) is 5.58 Å². The Labute approximate surface area is 188 Å². The molecular formula is C29H26N2O. The average Bonchev–Trinajstić information content (AvgIpc) is 3.22. The summed E-state index contributed by atoms with van der Waals surface area (Å²) in [5.41, 5.74) is 8.38. The fourth-order valence-electron chi connectivity index (χ4n) is 5.20. The maximum Gasteiger partial charge on any atom is 0.228 e. The zero-order valence-electron chi connectivity index (χ0n) is 18.3. The van der Waals surface area contributed by atoms with E-state index in [-0.39, 0.29) is 0 Å². The number of pyridine rings is 2. The fourth-order valence-corrected chi connectivity index (χ4v) is 5.20. The molecule has 1 saturated carbocycles. The number of rotatable bonds is 3. The molecule has 0 N–H and O–H groups in total.